The van der Waals surface area contributed by atoms with Crippen LogP contribution in [0.4, 0.5) is 10.3 Å². The molecular weight excluding hydrogens is 617 g/mol. The Bertz CT molecular complexity index is 1040. The van der Waals surface area contributed by atoms with Crippen molar-refractivity contribution in [1.82, 2.24) is 25.7 Å². The monoisotopic (exact) mass is 664 g/mol. The van der Waals surface area contributed by atoms with Crippen LogP contribution in [0.3, 0.4) is 0 Å². The molecule has 17 heteroatoms. The summed E-state index contributed by atoms with van der Waals surface area (Å²) in [6, 6.07) is -0.611. The van der Waals surface area contributed by atoms with E-state index in [9.17, 15) is 14.4 Å². The van der Waals surface area contributed by atoms with Crippen molar-refractivity contribution < 1.29 is 29.0 Å². The summed E-state index contributed by atoms with van der Waals surface area (Å²) in [6.45, 7) is 13.8. The van der Waals surface area contributed by atoms with E-state index in [-0.39, 0.29) is 29.7 Å². The molecule has 2 heterocycles. The number of aryl methyl sites for hydroxylation is 2. The maximum atomic E-state index is 12.3. The number of carbonyl (C=O) groups is 4. The minimum Gasteiger partial charge on any atom is -0.400 e. The fourth-order valence-electron chi connectivity index (χ4n) is 2.60. The van der Waals surface area contributed by atoms with Crippen molar-refractivity contribution in [2.24, 2.45) is 17.6 Å². The number of aromatic nitrogens is 4. The number of rotatable bonds is 14. The van der Waals surface area contributed by atoms with E-state index in [0.29, 0.717) is 29.0 Å². The lowest BCUT2D eigenvalue weighted by molar-refractivity contribution is -0.122. The number of primary amides is 1. The minimum absolute atomic E-state index is 0.0376. The Morgan fingerprint density at radius 1 is 0.953 bits per heavy atom. The van der Waals surface area contributed by atoms with Gasteiger partial charge >= 0.3 is 0 Å². The number of hydrogen-bond donors (Lipinski definition) is 5. The van der Waals surface area contributed by atoms with Crippen LogP contribution < -0.4 is 21.7 Å². The molecule has 43 heavy (non-hydrogen) atoms. The Balaban J connectivity index is 0. The normalized spacial score (nSPS) is 11.1. The van der Waals surface area contributed by atoms with Gasteiger partial charge in [-0.1, -0.05) is 50.4 Å². The standard InChI is InChI=1S/C19H29N7O3S3.C5H12O.CH3NO.CH4O/c1-11(2)9-13(28)21-18-25-23-14(31-18)5-7-30-8-6-15-24-26-19(32-15)22-17(29)16(12(3)4)20-10-27;1-5(2,3)6-4;2-1-3;1-2/h10-12,16H,5-9H2,1-4H3,(H,20,27)(H,21,25,28)(H,22,26,29);1-4H3;1H,(H2,2,3);2H,1H3. The largest absolute Gasteiger partial charge is 0.400 e. The average Bonchev–Trinajstić information content (AvgIpc) is 3.57. The number of aliphatic hydroxyl groups excluding tert-OH is 1. The highest BCUT2D eigenvalue weighted by Gasteiger charge is 2.22. The molecule has 1 unspecified atom stereocenters. The smallest absolute Gasteiger partial charge is 0.249 e. The second-order valence-corrected chi connectivity index (χ2v) is 13.6. The quantitative estimate of drug-likeness (QED) is 0.146. The summed E-state index contributed by atoms with van der Waals surface area (Å²) in [5, 5.41) is 34.0. The highest BCUT2D eigenvalue weighted by molar-refractivity contribution is 7.99. The molecule has 0 aromatic carbocycles. The number of thioether (sulfide) groups is 1. The molecule has 0 fully saturated rings. The lowest BCUT2D eigenvalue weighted by Gasteiger charge is -2.18. The van der Waals surface area contributed by atoms with Crippen LogP contribution in [0.5, 0.6) is 0 Å². The van der Waals surface area contributed by atoms with E-state index >= 15 is 0 Å². The lowest BCUT2D eigenvalue weighted by Crippen LogP contribution is -2.43. The molecule has 0 bridgehead atoms. The second-order valence-electron chi connectivity index (χ2n) is 10.2. The van der Waals surface area contributed by atoms with Crippen molar-refractivity contribution in [3.63, 3.8) is 0 Å². The molecule has 0 radical (unpaired) electrons. The van der Waals surface area contributed by atoms with Gasteiger partial charge in [-0.2, -0.15) is 11.8 Å². The third-order valence-electron chi connectivity index (χ3n) is 4.73. The molecule has 0 saturated heterocycles. The van der Waals surface area contributed by atoms with Gasteiger partial charge in [-0.3, -0.25) is 24.5 Å². The number of amides is 4. The van der Waals surface area contributed by atoms with E-state index in [1.807, 2.05) is 48.5 Å². The lowest BCUT2D eigenvalue weighted by atomic mass is 10.0. The summed E-state index contributed by atoms with van der Waals surface area (Å²) in [5.74, 6) is 1.66. The number of hydrogen-bond acceptors (Lipinski definition) is 13. The molecule has 0 spiro atoms. The topological polar surface area (TPSA) is 211 Å². The molecule has 0 saturated carbocycles. The maximum absolute atomic E-state index is 12.3. The Morgan fingerprint density at radius 2 is 1.40 bits per heavy atom. The van der Waals surface area contributed by atoms with Crippen molar-refractivity contribution in [3.05, 3.63) is 10.0 Å². The number of methoxy groups -OCH3 is 1. The van der Waals surface area contributed by atoms with E-state index in [1.165, 1.54) is 22.7 Å². The van der Waals surface area contributed by atoms with Crippen LogP contribution in [0.2, 0.25) is 0 Å². The summed E-state index contributed by atoms with van der Waals surface area (Å²) in [7, 11) is 2.71. The number of nitrogens with two attached hydrogens (primary N) is 1. The number of ether oxygens (including phenoxy) is 1. The average molecular weight is 665 g/mol. The van der Waals surface area contributed by atoms with Gasteiger partial charge in [0.15, 0.2) is 0 Å². The first-order valence-electron chi connectivity index (χ1n) is 13.4. The van der Waals surface area contributed by atoms with Crippen molar-refractivity contribution in [3.8, 4) is 0 Å². The highest BCUT2D eigenvalue weighted by Crippen LogP contribution is 2.20. The Labute approximate surface area is 266 Å². The van der Waals surface area contributed by atoms with Crippen LogP contribution in [0.15, 0.2) is 0 Å². The van der Waals surface area contributed by atoms with Gasteiger partial charge in [0.05, 0.1) is 5.60 Å². The van der Waals surface area contributed by atoms with Gasteiger partial charge in [-0.05, 0) is 44.1 Å². The fraction of sp³-hybridized carbons (Fsp3) is 0.692. The molecule has 6 N–H and O–H groups in total. The molecule has 2 rings (SSSR count). The van der Waals surface area contributed by atoms with Gasteiger partial charge in [-0.15, -0.1) is 20.4 Å². The Morgan fingerprint density at radius 3 is 1.77 bits per heavy atom. The molecule has 246 valence electrons. The minimum atomic E-state index is -0.611. The van der Waals surface area contributed by atoms with Crippen molar-refractivity contribution in [2.75, 3.05) is 36.4 Å². The number of carbonyl (C=O) groups excluding carboxylic acids is 4. The van der Waals surface area contributed by atoms with Crippen LogP contribution >= 0.6 is 34.4 Å². The third-order valence-corrected chi connectivity index (χ3v) is 7.52. The molecular formula is C26H48N8O6S3. The van der Waals surface area contributed by atoms with Crippen molar-refractivity contribution in [1.29, 1.82) is 0 Å². The number of nitrogens with one attached hydrogen (secondary N) is 3. The predicted octanol–water partition coefficient (Wildman–Crippen LogP) is 2.74. The summed E-state index contributed by atoms with van der Waals surface area (Å²) < 4.78 is 4.94. The maximum Gasteiger partial charge on any atom is 0.249 e. The number of aliphatic hydroxyl groups is 1. The summed E-state index contributed by atoms with van der Waals surface area (Å²) in [4.78, 5) is 43.3. The number of anilines is 2. The van der Waals surface area contributed by atoms with E-state index in [2.05, 4.69) is 42.1 Å². The van der Waals surface area contributed by atoms with Gasteiger partial charge in [-0.25, -0.2) is 0 Å². The Hall–Kier alpha value is -2.73. The van der Waals surface area contributed by atoms with E-state index in [0.717, 1.165) is 41.5 Å². The van der Waals surface area contributed by atoms with Crippen molar-refractivity contribution in [2.45, 2.75) is 79.4 Å². The fourth-order valence-corrected chi connectivity index (χ4v) is 5.24. The van der Waals surface area contributed by atoms with E-state index in [1.54, 1.807) is 18.9 Å². The van der Waals surface area contributed by atoms with E-state index < -0.39 is 6.04 Å². The van der Waals surface area contributed by atoms with Gasteiger partial charge in [0.1, 0.15) is 16.1 Å². The zero-order valence-electron chi connectivity index (χ0n) is 26.5. The summed E-state index contributed by atoms with van der Waals surface area (Å²) in [5.41, 5.74) is 4.21. The van der Waals surface area contributed by atoms with Crippen LogP contribution in [-0.2, 0) is 36.8 Å². The zero-order chi connectivity index (χ0) is 33.4. The first-order chi connectivity index (χ1) is 20.3. The molecule has 0 aliphatic heterocycles. The van der Waals surface area contributed by atoms with Gasteiger partial charge in [0.25, 0.3) is 0 Å². The summed E-state index contributed by atoms with van der Waals surface area (Å²) in [6.07, 6.45) is 2.76. The van der Waals surface area contributed by atoms with Crippen LogP contribution in [-0.4, -0.2) is 87.5 Å². The van der Waals surface area contributed by atoms with Gasteiger partial charge in [0, 0.05) is 33.5 Å². The SMILES string of the molecule is CC(C)CC(=O)Nc1nnc(CCSCCc2nnc(NC(=O)C(NC=O)C(C)C)s2)s1.CO.COC(C)(C)C.NC=O. The van der Waals surface area contributed by atoms with Crippen LogP contribution in [0, 0.1) is 11.8 Å². The van der Waals surface area contributed by atoms with Crippen LogP contribution in [0.1, 0.15) is 64.9 Å². The molecule has 1 atom stereocenters. The molecule has 2 aromatic rings. The zero-order valence-corrected chi connectivity index (χ0v) is 29.0. The van der Waals surface area contributed by atoms with E-state index in [4.69, 9.17) is 14.6 Å². The predicted molar refractivity (Wildman–Crippen MR) is 174 cm³/mol. The first kappa shape index (κ1) is 42.4. The van der Waals surface area contributed by atoms with Gasteiger partial charge < -0.3 is 26.2 Å². The Kier molecular flexibility index (Phi) is 24.3. The molecule has 14 nitrogen and oxygen atoms in total. The second kappa shape index (κ2) is 24.7. The molecule has 0 aliphatic carbocycles. The van der Waals surface area contributed by atoms with Gasteiger partial charge in [0.2, 0.25) is 34.9 Å². The molecule has 4 amide bonds. The number of nitrogens with zero attached hydrogens (tertiary/aromatic N) is 4. The molecule has 0 aliphatic rings. The van der Waals surface area contributed by atoms with Crippen LogP contribution in [0.25, 0.3) is 0 Å². The highest BCUT2D eigenvalue weighted by atomic mass is 32.2. The first-order valence-corrected chi connectivity index (χ1v) is 16.2. The summed E-state index contributed by atoms with van der Waals surface area (Å²) >= 11 is 4.50. The van der Waals surface area contributed by atoms with Crippen molar-refractivity contribution >= 4 is 69.3 Å². The third kappa shape index (κ3) is 22.5. The molecule has 2 aromatic heterocycles.